The van der Waals surface area contributed by atoms with Crippen molar-refractivity contribution in [3.05, 3.63) is 76.9 Å². The number of hydrogen-bond acceptors (Lipinski definition) is 7. The second-order valence-corrected chi connectivity index (χ2v) is 7.61. The van der Waals surface area contributed by atoms with Crippen LogP contribution in [0.4, 0.5) is 5.95 Å². The lowest BCUT2D eigenvalue weighted by Crippen LogP contribution is -2.46. The summed E-state index contributed by atoms with van der Waals surface area (Å²) in [7, 11) is 0. The second-order valence-electron chi connectivity index (χ2n) is 7.61. The first-order valence-electron chi connectivity index (χ1n) is 10.4. The van der Waals surface area contributed by atoms with E-state index in [1.807, 2.05) is 35.2 Å². The van der Waals surface area contributed by atoms with Crippen LogP contribution < -0.4 is 10.5 Å². The maximum atomic E-state index is 13.0. The molecular weight excluding hydrogens is 394 g/mol. The first-order valence-corrected chi connectivity index (χ1v) is 10.4. The van der Waals surface area contributed by atoms with Crippen molar-refractivity contribution in [2.24, 2.45) is 0 Å². The summed E-state index contributed by atoms with van der Waals surface area (Å²) < 4.78 is 11.1. The van der Waals surface area contributed by atoms with Gasteiger partial charge in [-0.15, -0.1) is 0 Å². The molecule has 0 N–H and O–H groups in total. The van der Waals surface area contributed by atoms with Crippen molar-refractivity contribution in [1.29, 1.82) is 0 Å². The molecule has 2 aromatic heterocycles. The summed E-state index contributed by atoms with van der Waals surface area (Å²) in [5, 5.41) is 2.76. The zero-order chi connectivity index (χ0) is 21.2. The highest BCUT2D eigenvalue weighted by Gasteiger charge is 2.31. The molecule has 7 heteroatoms. The number of carbonyl (C=O) groups is 1. The molecule has 1 saturated heterocycles. The number of hydrogen-bond donors (Lipinski definition) is 0. The normalized spacial score (nSPS) is 16.5. The standard InChI is InChI=1S/C24H21N3O4/c28-21-14-17(22-18-7-2-1-6-16(18)9-10-20(22)31-21)15-30-23(29)19-8-3-4-13-27(19)24-25-11-5-12-26-24/h1-2,5-7,9-12,14,19H,3-4,8,13,15H2. The number of rotatable bonds is 4. The lowest BCUT2D eigenvalue weighted by molar-refractivity contribution is -0.147. The Morgan fingerprint density at radius 3 is 2.81 bits per heavy atom. The minimum Gasteiger partial charge on any atom is -0.459 e. The average Bonchev–Trinajstić information content (AvgIpc) is 2.82. The molecule has 1 unspecified atom stereocenters. The third kappa shape index (κ3) is 3.74. The number of aromatic nitrogens is 2. The van der Waals surface area contributed by atoms with Crippen LogP contribution >= 0.6 is 0 Å². The molecule has 7 nitrogen and oxygen atoms in total. The van der Waals surface area contributed by atoms with E-state index in [9.17, 15) is 9.59 Å². The van der Waals surface area contributed by atoms with Gasteiger partial charge in [0.25, 0.3) is 0 Å². The summed E-state index contributed by atoms with van der Waals surface area (Å²) in [5.74, 6) is 0.190. The quantitative estimate of drug-likeness (QED) is 0.284. The predicted octanol–water partition coefficient (Wildman–Crippen LogP) is 3.84. The molecule has 2 aromatic carbocycles. The van der Waals surface area contributed by atoms with E-state index in [-0.39, 0.29) is 12.6 Å². The Balaban J connectivity index is 1.44. The second kappa shape index (κ2) is 8.18. The van der Waals surface area contributed by atoms with Crippen LogP contribution in [0.5, 0.6) is 0 Å². The lowest BCUT2D eigenvalue weighted by Gasteiger charge is -2.33. The van der Waals surface area contributed by atoms with Crippen LogP contribution in [0.15, 0.2) is 70.1 Å². The Bertz CT molecular complexity index is 1300. The van der Waals surface area contributed by atoms with Gasteiger partial charge in [-0.3, -0.25) is 0 Å². The van der Waals surface area contributed by atoms with Gasteiger partial charge in [-0.2, -0.15) is 0 Å². The molecule has 1 aliphatic heterocycles. The van der Waals surface area contributed by atoms with Crippen molar-refractivity contribution in [3.8, 4) is 0 Å². The molecule has 31 heavy (non-hydrogen) atoms. The van der Waals surface area contributed by atoms with Crippen molar-refractivity contribution in [1.82, 2.24) is 9.97 Å². The van der Waals surface area contributed by atoms with Crippen molar-refractivity contribution < 1.29 is 13.9 Å². The summed E-state index contributed by atoms with van der Waals surface area (Å²) in [6, 6.07) is 14.3. The zero-order valence-corrected chi connectivity index (χ0v) is 16.9. The van der Waals surface area contributed by atoms with Gasteiger partial charge in [-0.25, -0.2) is 19.6 Å². The Labute approximate surface area is 178 Å². The minimum atomic E-state index is -0.467. The van der Waals surface area contributed by atoms with E-state index in [1.54, 1.807) is 24.5 Å². The summed E-state index contributed by atoms with van der Waals surface area (Å²) >= 11 is 0. The Morgan fingerprint density at radius 1 is 1.10 bits per heavy atom. The molecule has 0 saturated carbocycles. The van der Waals surface area contributed by atoms with Crippen LogP contribution in [-0.4, -0.2) is 28.5 Å². The molecule has 1 fully saturated rings. The molecule has 0 amide bonds. The lowest BCUT2D eigenvalue weighted by atomic mass is 10.0. The van der Waals surface area contributed by atoms with Crippen LogP contribution in [0.1, 0.15) is 24.8 Å². The van der Waals surface area contributed by atoms with E-state index in [0.29, 0.717) is 30.1 Å². The fourth-order valence-corrected chi connectivity index (χ4v) is 4.23. The highest BCUT2D eigenvalue weighted by molar-refractivity contribution is 6.07. The molecule has 1 atom stereocenters. The van der Waals surface area contributed by atoms with Gasteiger partial charge in [0.15, 0.2) is 0 Å². The molecule has 0 aliphatic carbocycles. The minimum absolute atomic E-state index is 0.00503. The number of ether oxygens (including phenoxy) is 1. The Morgan fingerprint density at radius 2 is 1.94 bits per heavy atom. The summed E-state index contributed by atoms with van der Waals surface area (Å²) in [5.41, 5.74) is 0.648. The molecule has 0 spiro atoms. The van der Waals surface area contributed by atoms with Gasteiger partial charge >= 0.3 is 11.6 Å². The fraction of sp³-hybridized carbons (Fsp3) is 0.250. The molecule has 0 radical (unpaired) electrons. The number of anilines is 1. The third-order valence-electron chi connectivity index (χ3n) is 5.67. The maximum absolute atomic E-state index is 13.0. The zero-order valence-electron chi connectivity index (χ0n) is 16.9. The van der Waals surface area contributed by atoms with Crippen LogP contribution in [0, 0.1) is 0 Å². The number of benzene rings is 2. The van der Waals surface area contributed by atoms with E-state index in [2.05, 4.69) is 9.97 Å². The van der Waals surface area contributed by atoms with Crippen molar-refractivity contribution in [2.45, 2.75) is 31.9 Å². The van der Waals surface area contributed by atoms with Gasteiger partial charge in [-0.1, -0.05) is 30.3 Å². The first kappa shape index (κ1) is 19.2. The van der Waals surface area contributed by atoms with E-state index in [4.69, 9.17) is 9.15 Å². The molecule has 0 bridgehead atoms. The smallest absolute Gasteiger partial charge is 0.336 e. The van der Waals surface area contributed by atoms with Gasteiger partial charge in [0.05, 0.1) is 0 Å². The summed E-state index contributed by atoms with van der Waals surface area (Å²) in [6.07, 6.45) is 5.92. The summed E-state index contributed by atoms with van der Waals surface area (Å²) in [4.78, 5) is 35.6. The van der Waals surface area contributed by atoms with Crippen LogP contribution in [0.2, 0.25) is 0 Å². The third-order valence-corrected chi connectivity index (χ3v) is 5.67. The number of fused-ring (bicyclic) bond motifs is 3. The molecular formula is C24H21N3O4. The number of nitrogens with zero attached hydrogens (tertiary/aromatic N) is 3. The van der Waals surface area contributed by atoms with Crippen molar-refractivity contribution in [3.63, 3.8) is 0 Å². The molecule has 4 aromatic rings. The van der Waals surface area contributed by atoms with Gasteiger partial charge in [-0.05, 0) is 42.2 Å². The molecule has 1 aliphatic rings. The van der Waals surface area contributed by atoms with E-state index in [1.165, 1.54) is 6.07 Å². The molecule has 5 rings (SSSR count). The number of piperidine rings is 1. The number of esters is 1. The SMILES string of the molecule is O=C(OCc1cc(=O)oc2ccc3ccccc3c12)C1CCCCN1c1ncccn1. The Kier molecular flexibility index (Phi) is 5.08. The predicted molar refractivity (Wildman–Crippen MR) is 117 cm³/mol. The molecule has 156 valence electrons. The number of carbonyl (C=O) groups excluding carboxylic acids is 1. The Hall–Kier alpha value is -3.74. The average molecular weight is 415 g/mol. The van der Waals surface area contributed by atoms with Crippen LogP contribution in [0.25, 0.3) is 21.7 Å². The van der Waals surface area contributed by atoms with Crippen molar-refractivity contribution in [2.75, 3.05) is 11.4 Å². The largest absolute Gasteiger partial charge is 0.459 e. The van der Waals surface area contributed by atoms with Gasteiger partial charge in [0.1, 0.15) is 18.2 Å². The highest BCUT2D eigenvalue weighted by Crippen LogP contribution is 2.28. The highest BCUT2D eigenvalue weighted by atomic mass is 16.5. The topological polar surface area (TPSA) is 85.5 Å². The van der Waals surface area contributed by atoms with Crippen LogP contribution in [0.3, 0.4) is 0 Å². The first-order chi connectivity index (χ1) is 15.2. The van der Waals surface area contributed by atoms with Gasteiger partial charge < -0.3 is 14.1 Å². The van der Waals surface area contributed by atoms with E-state index < -0.39 is 11.7 Å². The van der Waals surface area contributed by atoms with E-state index in [0.717, 1.165) is 29.0 Å². The fourth-order valence-electron chi connectivity index (χ4n) is 4.23. The van der Waals surface area contributed by atoms with E-state index >= 15 is 0 Å². The maximum Gasteiger partial charge on any atom is 0.336 e. The van der Waals surface area contributed by atoms with Gasteiger partial charge in [0, 0.05) is 36.0 Å². The van der Waals surface area contributed by atoms with Gasteiger partial charge in [0.2, 0.25) is 5.95 Å². The summed E-state index contributed by atoms with van der Waals surface area (Å²) in [6.45, 7) is 0.696. The molecule has 3 heterocycles. The van der Waals surface area contributed by atoms with Crippen LogP contribution in [-0.2, 0) is 16.1 Å². The van der Waals surface area contributed by atoms with Crippen molar-refractivity contribution >= 4 is 33.7 Å². The monoisotopic (exact) mass is 415 g/mol.